The van der Waals surface area contributed by atoms with Gasteiger partial charge in [-0.15, -0.1) is 11.8 Å². The fourth-order valence-corrected chi connectivity index (χ4v) is 3.87. The van der Waals surface area contributed by atoms with Crippen molar-refractivity contribution in [3.63, 3.8) is 0 Å². The summed E-state index contributed by atoms with van der Waals surface area (Å²) in [6, 6.07) is 0. The lowest BCUT2D eigenvalue weighted by atomic mass is 10.1. The van der Waals surface area contributed by atoms with E-state index in [0.29, 0.717) is 0 Å². The first kappa shape index (κ1) is 17.8. The van der Waals surface area contributed by atoms with Gasteiger partial charge in [0.15, 0.2) is 11.2 Å². The fraction of sp³-hybridized carbons (Fsp3) is 0.571. The van der Waals surface area contributed by atoms with Crippen LogP contribution in [0.15, 0.2) is 11.1 Å². The summed E-state index contributed by atoms with van der Waals surface area (Å²) in [5.74, 6) is -0.685. The average molecular weight is 371 g/mol. The van der Waals surface area contributed by atoms with Crippen molar-refractivity contribution >= 4 is 34.8 Å². The summed E-state index contributed by atoms with van der Waals surface area (Å²) in [6.45, 7) is 2.96. The van der Waals surface area contributed by atoms with Crippen LogP contribution in [0.25, 0.3) is 11.2 Å². The van der Waals surface area contributed by atoms with Crippen molar-refractivity contribution in [3.05, 3.63) is 16.7 Å². The summed E-state index contributed by atoms with van der Waals surface area (Å²) in [6.07, 6.45) is -1.71. The molecule has 4 atom stereocenters. The summed E-state index contributed by atoms with van der Waals surface area (Å²) in [5, 5.41) is 20.2. The summed E-state index contributed by atoms with van der Waals surface area (Å²) in [5.41, 5.74) is -0.431. The number of alkyl halides is 1. The molecule has 0 bridgehead atoms. The van der Waals surface area contributed by atoms with Crippen LogP contribution in [-0.2, 0) is 4.79 Å². The molecule has 0 aromatic carbocycles. The zero-order chi connectivity index (χ0) is 18.3. The van der Waals surface area contributed by atoms with Crippen molar-refractivity contribution < 1.29 is 19.4 Å². The van der Waals surface area contributed by atoms with Crippen LogP contribution in [0.1, 0.15) is 19.2 Å². The largest absolute Gasteiger partial charge is 0.395 e. The maximum absolute atomic E-state index is 14.0. The van der Waals surface area contributed by atoms with Crippen LogP contribution in [0.4, 0.5) is 10.3 Å². The van der Waals surface area contributed by atoms with Gasteiger partial charge in [0.05, 0.1) is 18.2 Å². The van der Waals surface area contributed by atoms with Crippen LogP contribution < -0.4 is 10.9 Å². The first-order valence-corrected chi connectivity index (χ1v) is 8.64. The van der Waals surface area contributed by atoms with Gasteiger partial charge in [0.2, 0.25) is 11.9 Å². The fourth-order valence-electron chi connectivity index (χ4n) is 2.52. The number of rotatable bonds is 4. The number of hydrogen-bond acceptors (Lipinski definition) is 7. The summed E-state index contributed by atoms with van der Waals surface area (Å²) < 4.78 is 15.4. The number of aliphatic hydroxyl groups is 2. The molecule has 3 rings (SSSR count). The number of carbonyl (C=O) groups excluding carboxylic acids is 1. The van der Waals surface area contributed by atoms with E-state index in [9.17, 15) is 24.2 Å². The van der Waals surface area contributed by atoms with Gasteiger partial charge in [-0.2, -0.15) is 4.98 Å². The zero-order valence-corrected chi connectivity index (χ0v) is 14.3. The van der Waals surface area contributed by atoms with Gasteiger partial charge in [0.25, 0.3) is 5.56 Å². The molecule has 1 saturated heterocycles. The number of halogens is 1. The highest BCUT2D eigenvalue weighted by Gasteiger charge is 2.45. The molecule has 1 fully saturated rings. The van der Waals surface area contributed by atoms with Crippen molar-refractivity contribution in [2.75, 3.05) is 11.9 Å². The highest BCUT2D eigenvalue weighted by molar-refractivity contribution is 8.00. The number of fused-ring (bicyclic) bond motifs is 1. The van der Waals surface area contributed by atoms with Crippen molar-refractivity contribution in [3.8, 4) is 0 Å². The van der Waals surface area contributed by atoms with Crippen molar-refractivity contribution in [2.24, 2.45) is 5.92 Å². The monoisotopic (exact) mass is 371 g/mol. The van der Waals surface area contributed by atoms with Gasteiger partial charge in [0.1, 0.15) is 17.6 Å². The molecule has 1 aliphatic heterocycles. The Morgan fingerprint density at radius 2 is 2.28 bits per heavy atom. The molecule has 2 aromatic heterocycles. The van der Waals surface area contributed by atoms with E-state index in [1.165, 1.54) is 10.9 Å². The predicted octanol–water partition coefficient (Wildman–Crippen LogP) is 0.0194. The number of nitrogens with one attached hydrogen (secondary N) is 2. The molecule has 4 N–H and O–H groups in total. The Labute approximate surface area is 145 Å². The van der Waals surface area contributed by atoms with Gasteiger partial charge in [-0.05, 0) is 0 Å². The molecule has 25 heavy (non-hydrogen) atoms. The number of anilines is 1. The van der Waals surface area contributed by atoms with Crippen molar-refractivity contribution in [1.82, 2.24) is 19.5 Å². The highest BCUT2D eigenvalue weighted by Crippen LogP contribution is 2.43. The summed E-state index contributed by atoms with van der Waals surface area (Å²) in [4.78, 5) is 34.5. The number of aromatic nitrogens is 4. The van der Waals surface area contributed by atoms with Crippen LogP contribution in [0.3, 0.4) is 0 Å². The average Bonchev–Trinajstić information content (AvgIpc) is 3.10. The minimum Gasteiger partial charge on any atom is -0.395 e. The first-order chi connectivity index (χ1) is 11.8. The lowest BCUT2D eigenvalue weighted by Gasteiger charge is -2.16. The molecule has 136 valence electrons. The van der Waals surface area contributed by atoms with Crippen LogP contribution in [0, 0.1) is 5.92 Å². The van der Waals surface area contributed by atoms with E-state index >= 15 is 0 Å². The Kier molecular flexibility index (Phi) is 4.80. The third-order valence-electron chi connectivity index (χ3n) is 3.94. The SMILES string of the molecule is CC(C)C(=O)Nc1nc2c(ncn2[C@@H]2S[C@H](CO)C(F)C2O)c(=O)[nH]1. The van der Waals surface area contributed by atoms with Crippen LogP contribution in [0.5, 0.6) is 0 Å². The van der Waals surface area contributed by atoms with E-state index in [1.54, 1.807) is 13.8 Å². The molecule has 0 saturated carbocycles. The Hall–Kier alpha value is -1.98. The number of imidazole rings is 1. The second-order valence-electron chi connectivity index (χ2n) is 6.07. The van der Waals surface area contributed by atoms with Gasteiger partial charge in [0, 0.05) is 5.92 Å². The molecular weight excluding hydrogens is 353 g/mol. The van der Waals surface area contributed by atoms with Gasteiger partial charge in [-0.25, -0.2) is 9.37 Å². The lowest BCUT2D eigenvalue weighted by molar-refractivity contribution is -0.118. The third kappa shape index (κ3) is 3.14. The van der Waals surface area contributed by atoms with Gasteiger partial charge in [-0.1, -0.05) is 13.8 Å². The minimum atomic E-state index is -1.61. The standard InChI is InChI=1S/C14H18FN5O4S/c1-5(2)11(23)18-14-17-10-8(12(24)19-14)16-4-20(10)13-9(22)7(15)6(3-21)25-13/h4-7,9,13,21-22H,3H2,1-2H3,(H2,17,18,19,23,24)/t6-,7?,9?,13-/m1/s1. The molecule has 1 aliphatic rings. The Bertz CT molecular complexity index is 853. The predicted molar refractivity (Wildman–Crippen MR) is 90.0 cm³/mol. The van der Waals surface area contributed by atoms with E-state index < -0.39 is 35.1 Å². The Morgan fingerprint density at radius 3 is 2.88 bits per heavy atom. The molecule has 3 heterocycles. The maximum Gasteiger partial charge on any atom is 0.280 e. The quantitative estimate of drug-likeness (QED) is 0.595. The number of carbonyl (C=O) groups is 1. The van der Waals surface area contributed by atoms with E-state index in [0.717, 1.165) is 11.8 Å². The molecule has 0 aliphatic carbocycles. The van der Waals surface area contributed by atoms with E-state index in [2.05, 4.69) is 20.3 Å². The van der Waals surface area contributed by atoms with Gasteiger partial charge >= 0.3 is 0 Å². The number of aromatic amines is 1. The third-order valence-corrected chi connectivity index (χ3v) is 5.48. The zero-order valence-electron chi connectivity index (χ0n) is 13.5. The van der Waals surface area contributed by atoms with Crippen LogP contribution >= 0.6 is 11.8 Å². The summed E-state index contributed by atoms with van der Waals surface area (Å²) >= 11 is 1.04. The number of nitrogens with zero attached hydrogens (tertiary/aromatic N) is 3. The smallest absolute Gasteiger partial charge is 0.280 e. The second kappa shape index (κ2) is 6.73. The van der Waals surface area contributed by atoms with Crippen LogP contribution in [0.2, 0.25) is 0 Å². The second-order valence-corrected chi connectivity index (χ2v) is 7.43. The molecule has 2 unspecified atom stereocenters. The molecular formula is C14H18FN5O4S. The number of hydrogen-bond donors (Lipinski definition) is 4. The molecule has 0 spiro atoms. The van der Waals surface area contributed by atoms with Crippen LogP contribution in [-0.4, -0.2) is 59.8 Å². The molecule has 9 nitrogen and oxygen atoms in total. The number of thioether (sulfide) groups is 1. The highest BCUT2D eigenvalue weighted by atomic mass is 32.2. The van der Waals surface area contributed by atoms with E-state index in [4.69, 9.17) is 0 Å². The normalized spacial score (nSPS) is 26.5. The molecule has 2 aromatic rings. The van der Waals surface area contributed by atoms with E-state index in [-0.39, 0.29) is 28.9 Å². The first-order valence-electron chi connectivity index (χ1n) is 7.69. The van der Waals surface area contributed by atoms with Crippen molar-refractivity contribution in [2.45, 2.75) is 36.7 Å². The van der Waals surface area contributed by atoms with E-state index in [1.807, 2.05) is 0 Å². The molecule has 11 heteroatoms. The van der Waals surface area contributed by atoms with Gasteiger partial charge < -0.3 is 10.2 Å². The minimum absolute atomic E-state index is 0.0122. The van der Waals surface area contributed by atoms with Gasteiger partial charge in [-0.3, -0.25) is 24.5 Å². The lowest BCUT2D eigenvalue weighted by Crippen LogP contribution is -2.29. The Balaban J connectivity index is 2.01. The Morgan fingerprint density at radius 1 is 1.56 bits per heavy atom. The number of H-pyrrole nitrogens is 1. The van der Waals surface area contributed by atoms with Crippen molar-refractivity contribution in [1.29, 1.82) is 0 Å². The topological polar surface area (TPSA) is 133 Å². The molecule has 1 amide bonds. The number of amides is 1. The summed E-state index contributed by atoms with van der Waals surface area (Å²) in [7, 11) is 0. The number of aliphatic hydroxyl groups excluding tert-OH is 2. The molecule has 0 radical (unpaired) electrons. The maximum atomic E-state index is 14.0.